The van der Waals surface area contributed by atoms with E-state index in [0.717, 1.165) is 16.5 Å². The summed E-state index contributed by atoms with van der Waals surface area (Å²) in [5.74, 6) is 0.704. The molecule has 0 unspecified atom stereocenters. The first-order chi connectivity index (χ1) is 7.45. The van der Waals surface area contributed by atoms with Gasteiger partial charge in [0.05, 0.1) is 11.8 Å². The van der Waals surface area contributed by atoms with Crippen LogP contribution in [0.1, 0.15) is 0 Å². The second-order valence-electron chi connectivity index (χ2n) is 3.24. The molecule has 0 amide bonds. The number of nitrogens with zero attached hydrogens (tertiary/aromatic N) is 2. The van der Waals surface area contributed by atoms with Gasteiger partial charge in [-0.3, -0.25) is 0 Å². The lowest BCUT2D eigenvalue weighted by Crippen LogP contribution is -1.84. The van der Waals surface area contributed by atoms with E-state index >= 15 is 0 Å². The summed E-state index contributed by atoms with van der Waals surface area (Å²) in [6.45, 7) is 0. The van der Waals surface area contributed by atoms with Crippen LogP contribution < -0.4 is 0 Å². The number of nitrogens with one attached hydrogen (secondary N) is 1. The summed E-state index contributed by atoms with van der Waals surface area (Å²) in [6.07, 6.45) is 6.55. The van der Waals surface area contributed by atoms with Crippen molar-refractivity contribution in [3.8, 4) is 11.4 Å². The van der Waals surface area contributed by atoms with E-state index in [1.807, 2.05) is 24.3 Å². The maximum atomic E-state index is 4.21. The Morgan fingerprint density at radius 3 is 2.67 bits per heavy atom. The predicted octanol–water partition coefficient (Wildman–Crippen LogP) is 2.43. The average molecular weight is 194 g/mol. The Hall–Kier alpha value is -2.16. The normalized spacial score (nSPS) is 10.7. The van der Waals surface area contributed by atoms with E-state index in [1.165, 1.54) is 0 Å². The first kappa shape index (κ1) is 8.17. The van der Waals surface area contributed by atoms with Gasteiger partial charge in [0.2, 0.25) is 0 Å². The van der Waals surface area contributed by atoms with Crippen LogP contribution in [0, 0.1) is 6.20 Å². The van der Waals surface area contributed by atoms with Gasteiger partial charge in [-0.2, -0.15) is 0 Å². The van der Waals surface area contributed by atoms with Crippen LogP contribution in [0.2, 0.25) is 0 Å². The fraction of sp³-hybridized carbons (Fsp3) is 0. The number of hydrogen-bond donors (Lipinski definition) is 1. The van der Waals surface area contributed by atoms with Crippen LogP contribution in [-0.4, -0.2) is 15.0 Å². The minimum atomic E-state index is 0.704. The van der Waals surface area contributed by atoms with Crippen LogP contribution in [0.25, 0.3) is 22.3 Å². The van der Waals surface area contributed by atoms with E-state index in [4.69, 9.17) is 0 Å². The van der Waals surface area contributed by atoms with E-state index in [2.05, 4.69) is 21.1 Å². The standard InChI is InChI=1S/C12H8N3/c1-2-5-11-9(4-1)10(8-15-11)12-13-6-3-7-14-12/h1-7,15H. The fourth-order valence-electron chi connectivity index (χ4n) is 1.61. The van der Waals surface area contributed by atoms with E-state index in [1.54, 1.807) is 18.5 Å². The van der Waals surface area contributed by atoms with Crippen LogP contribution in [-0.2, 0) is 0 Å². The number of fused-ring (bicyclic) bond motifs is 1. The molecular formula is C12H8N3. The molecule has 0 aliphatic rings. The molecule has 2 heterocycles. The largest absolute Gasteiger partial charge is 0.353 e. The highest BCUT2D eigenvalue weighted by Crippen LogP contribution is 2.24. The molecule has 1 radical (unpaired) electrons. The summed E-state index contributed by atoms with van der Waals surface area (Å²) in [4.78, 5) is 11.5. The molecule has 71 valence electrons. The zero-order valence-electron chi connectivity index (χ0n) is 7.94. The van der Waals surface area contributed by atoms with Gasteiger partial charge in [-0.05, 0) is 12.1 Å². The molecule has 0 atom stereocenters. The number of rotatable bonds is 1. The summed E-state index contributed by atoms with van der Waals surface area (Å²) < 4.78 is 0. The van der Waals surface area contributed by atoms with Crippen molar-refractivity contribution < 1.29 is 0 Å². The highest BCUT2D eigenvalue weighted by Gasteiger charge is 2.07. The van der Waals surface area contributed by atoms with Crippen LogP contribution in [0.4, 0.5) is 0 Å². The van der Waals surface area contributed by atoms with E-state index in [9.17, 15) is 0 Å². The molecule has 0 aliphatic heterocycles. The van der Waals surface area contributed by atoms with Crippen LogP contribution in [0.5, 0.6) is 0 Å². The monoisotopic (exact) mass is 194 g/mol. The topological polar surface area (TPSA) is 41.6 Å². The van der Waals surface area contributed by atoms with Gasteiger partial charge in [0, 0.05) is 23.3 Å². The van der Waals surface area contributed by atoms with Crippen molar-refractivity contribution in [1.29, 1.82) is 0 Å². The summed E-state index contributed by atoms with van der Waals surface area (Å²) in [7, 11) is 0. The minimum Gasteiger partial charge on any atom is -0.353 e. The average Bonchev–Trinajstić information content (AvgIpc) is 2.74. The minimum absolute atomic E-state index is 0.704. The Morgan fingerprint density at radius 2 is 1.80 bits per heavy atom. The third-order valence-corrected chi connectivity index (χ3v) is 2.31. The van der Waals surface area contributed by atoms with Gasteiger partial charge in [0.15, 0.2) is 5.82 Å². The van der Waals surface area contributed by atoms with Crippen molar-refractivity contribution >= 4 is 10.9 Å². The molecule has 0 aliphatic carbocycles. The molecule has 0 spiro atoms. The molecule has 0 fully saturated rings. The number of benzene rings is 1. The van der Waals surface area contributed by atoms with Crippen molar-refractivity contribution in [2.45, 2.75) is 0 Å². The van der Waals surface area contributed by atoms with Gasteiger partial charge in [0.25, 0.3) is 0 Å². The highest BCUT2D eigenvalue weighted by atomic mass is 14.9. The summed E-state index contributed by atoms with van der Waals surface area (Å²) in [5.41, 5.74) is 1.98. The van der Waals surface area contributed by atoms with Gasteiger partial charge in [-0.15, -0.1) is 0 Å². The van der Waals surface area contributed by atoms with Gasteiger partial charge in [-0.25, -0.2) is 9.97 Å². The number of aromatic nitrogens is 3. The molecule has 3 heteroatoms. The van der Waals surface area contributed by atoms with Crippen molar-refractivity contribution in [3.63, 3.8) is 0 Å². The van der Waals surface area contributed by atoms with Crippen molar-refractivity contribution in [3.05, 3.63) is 48.9 Å². The maximum Gasteiger partial charge on any atom is 0.161 e. The molecule has 1 aromatic carbocycles. The summed E-state index contributed by atoms with van der Waals surface area (Å²) >= 11 is 0. The summed E-state index contributed by atoms with van der Waals surface area (Å²) in [6, 6.07) is 9.84. The number of H-pyrrole nitrogens is 1. The van der Waals surface area contributed by atoms with Gasteiger partial charge in [0.1, 0.15) is 0 Å². The SMILES string of the molecule is [c]1[nH]c2ccccc2c1-c1ncccn1. The number of hydrogen-bond acceptors (Lipinski definition) is 2. The Bertz CT molecular complexity index is 584. The third kappa shape index (κ3) is 1.29. The van der Waals surface area contributed by atoms with E-state index in [0.29, 0.717) is 5.82 Å². The van der Waals surface area contributed by atoms with Gasteiger partial charge in [-0.1, -0.05) is 18.2 Å². The molecule has 0 bridgehead atoms. The zero-order valence-corrected chi connectivity index (χ0v) is 7.94. The number of para-hydroxylation sites is 1. The quantitative estimate of drug-likeness (QED) is 0.646. The Balaban J connectivity index is 2.28. The third-order valence-electron chi connectivity index (χ3n) is 2.31. The number of aromatic amines is 1. The molecular weight excluding hydrogens is 186 g/mol. The Morgan fingerprint density at radius 1 is 1.00 bits per heavy atom. The van der Waals surface area contributed by atoms with Gasteiger partial charge >= 0.3 is 0 Å². The lowest BCUT2D eigenvalue weighted by Gasteiger charge is -1.95. The first-order valence-electron chi connectivity index (χ1n) is 4.71. The highest BCUT2D eigenvalue weighted by molar-refractivity contribution is 5.93. The smallest absolute Gasteiger partial charge is 0.161 e. The molecule has 1 N–H and O–H groups in total. The molecule has 15 heavy (non-hydrogen) atoms. The predicted molar refractivity (Wildman–Crippen MR) is 58.2 cm³/mol. The zero-order chi connectivity index (χ0) is 10.1. The lowest BCUT2D eigenvalue weighted by molar-refractivity contribution is 1.18. The lowest BCUT2D eigenvalue weighted by atomic mass is 10.1. The van der Waals surface area contributed by atoms with E-state index in [-0.39, 0.29) is 0 Å². The second kappa shape index (κ2) is 3.20. The molecule has 2 aromatic heterocycles. The summed E-state index contributed by atoms with van der Waals surface area (Å²) in [5, 5.41) is 1.10. The molecule has 0 saturated carbocycles. The van der Waals surface area contributed by atoms with Crippen molar-refractivity contribution in [2.75, 3.05) is 0 Å². The second-order valence-corrected chi connectivity index (χ2v) is 3.24. The van der Waals surface area contributed by atoms with Crippen molar-refractivity contribution in [1.82, 2.24) is 15.0 Å². The first-order valence-corrected chi connectivity index (χ1v) is 4.71. The van der Waals surface area contributed by atoms with Crippen LogP contribution in [0.15, 0.2) is 42.7 Å². The van der Waals surface area contributed by atoms with Crippen molar-refractivity contribution in [2.24, 2.45) is 0 Å². The maximum absolute atomic E-state index is 4.21. The molecule has 3 aromatic rings. The Labute approximate surface area is 86.8 Å². The Kier molecular flexibility index (Phi) is 1.75. The molecule has 3 nitrogen and oxygen atoms in total. The fourth-order valence-corrected chi connectivity index (χ4v) is 1.61. The van der Waals surface area contributed by atoms with Crippen LogP contribution in [0.3, 0.4) is 0 Å². The molecule has 3 rings (SSSR count). The van der Waals surface area contributed by atoms with Gasteiger partial charge < -0.3 is 4.98 Å². The van der Waals surface area contributed by atoms with Crippen LogP contribution >= 0.6 is 0 Å². The van der Waals surface area contributed by atoms with E-state index < -0.39 is 0 Å². The molecule has 0 saturated heterocycles.